The molecular weight excluding hydrogens is 258 g/mol. The molecule has 0 aliphatic heterocycles. The highest BCUT2D eigenvalue weighted by Crippen LogP contribution is 2.57. The Labute approximate surface area is 120 Å². The van der Waals surface area contributed by atoms with Gasteiger partial charge in [0, 0.05) is 17.4 Å². The number of allylic oxidation sites excluding steroid dienone is 2. The topological polar surface area (TPSA) is 81.8 Å². The predicted molar refractivity (Wildman–Crippen MR) is 76.5 cm³/mol. The highest BCUT2D eigenvalue weighted by molar-refractivity contribution is 5.91. The minimum absolute atomic E-state index is 0.0403. The third-order valence-electron chi connectivity index (χ3n) is 3.72. The van der Waals surface area contributed by atoms with Gasteiger partial charge in [-0.1, -0.05) is 19.6 Å². The van der Waals surface area contributed by atoms with Gasteiger partial charge in [0.25, 0.3) is 0 Å². The molecule has 3 atom stereocenters. The van der Waals surface area contributed by atoms with Crippen LogP contribution in [0.3, 0.4) is 0 Å². The van der Waals surface area contributed by atoms with Crippen LogP contribution in [0.15, 0.2) is 24.0 Å². The summed E-state index contributed by atoms with van der Waals surface area (Å²) in [5, 5.41) is 8.91. The summed E-state index contributed by atoms with van der Waals surface area (Å²) in [5.74, 6) is -0.0186. The number of hydrogen-bond donors (Lipinski definition) is 2. The van der Waals surface area contributed by atoms with Gasteiger partial charge in [0.15, 0.2) is 0 Å². The van der Waals surface area contributed by atoms with Crippen LogP contribution in [0.2, 0.25) is 0 Å². The molecule has 1 rings (SSSR count). The zero-order chi connectivity index (χ0) is 15.3. The summed E-state index contributed by atoms with van der Waals surface area (Å²) >= 11 is 0. The van der Waals surface area contributed by atoms with Crippen LogP contribution in [0.1, 0.15) is 33.6 Å². The smallest absolute Gasteiger partial charge is 0.244 e. The van der Waals surface area contributed by atoms with Crippen molar-refractivity contribution in [1.29, 1.82) is 0 Å². The fraction of sp³-hybridized carbons (Fsp3) is 0.667. The van der Waals surface area contributed by atoms with E-state index in [0.717, 1.165) is 12.8 Å². The van der Waals surface area contributed by atoms with Gasteiger partial charge in [-0.25, -0.2) is 0 Å². The van der Waals surface area contributed by atoms with Crippen LogP contribution in [0.5, 0.6) is 0 Å². The van der Waals surface area contributed by atoms with E-state index >= 15 is 0 Å². The lowest BCUT2D eigenvalue weighted by Gasteiger charge is -2.21. The standard InChI is InChI=1S/C15H25NO4/c1-10(2)20-15(19-9-8-17)12(4)13(15)7-5-6-11(3)14(16)18/h6,12-13,17H,1,5,7-9H2,2-4H3,(H2,16,18)/b11-6-. The first-order chi connectivity index (χ1) is 9.35. The van der Waals surface area contributed by atoms with Crippen LogP contribution in [-0.4, -0.2) is 30.0 Å². The van der Waals surface area contributed by atoms with Crippen molar-refractivity contribution in [2.75, 3.05) is 13.2 Å². The molecule has 114 valence electrons. The monoisotopic (exact) mass is 283 g/mol. The second-order valence-corrected chi connectivity index (χ2v) is 5.32. The second-order valence-electron chi connectivity index (χ2n) is 5.32. The number of amides is 1. The first kappa shape index (κ1) is 16.7. The molecular formula is C15H25NO4. The Hall–Kier alpha value is -1.33. The Morgan fingerprint density at radius 3 is 2.65 bits per heavy atom. The first-order valence-electron chi connectivity index (χ1n) is 6.91. The number of carbonyl (C=O) groups is 1. The maximum absolute atomic E-state index is 10.9. The van der Waals surface area contributed by atoms with Crippen molar-refractivity contribution in [1.82, 2.24) is 0 Å². The summed E-state index contributed by atoms with van der Waals surface area (Å²) in [5.41, 5.74) is 5.76. The molecule has 0 heterocycles. The summed E-state index contributed by atoms with van der Waals surface area (Å²) in [6.45, 7) is 9.49. The molecule has 1 fully saturated rings. The summed E-state index contributed by atoms with van der Waals surface area (Å²) in [6.07, 6.45) is 3.42. The summed E-state index contributed by atoms with van der Waals surface area (Å²) in [7, 11) is 0. The zero-order valence-electron chi connectivity index (χ0n) is 12.5. The number of ether oxygens (including phenoxy) is 2. The van der Waals surface area contributed by atoms with E-state index in [1.807, 2.05) is 6.08 Å². The van der Waals surface area contributed by atoms with Crippen molar-refractivity contribution in [2.45, 2.75) is 39.4 Å². The van der Waals surface area contributed by atoms with Crippen LogP contribution >= 0.6 is 0 Å². The summed E-state index contributed by atoms with van der Waals surface area (Å²) in [4.78, 5) is 10.9. The van der Waals surface area contributed by atoms with Gasteiger partial charge < -0.3 is 20.3 Å². The third kappa shape index (κ3) is 3.84. The van der Waals surface area contributed by atoms with Gasteiger partial charge >= 0.3 is 0 Å². The molecule has 0 saturated heterocycles. The molecule has 1 aliphatic carbocycles. The van der Waals surface area contributed by atoms with Gasteiger partial charge in [0.05, 0.1) is 19.0 Å². The zero-order valence-corrected chi connectivity index (χ0v) is 12.5. The maximum atomic E-state index is 10.9. The van der Waals surface area contributed by atoms with Gasteiger partial charge in [0.2, 0.25) is 11.7 Å². The van der Waals surface area contributed by atoms with Gasteiger partial charge in [0.1, 0.15) is 0 Å². The molecule has 0 bridgehead atoms. The Kier molecular flexibility index (Phi) is 5.77. The Bertz CT molecular complexity index is 405. The third-order valence-corrected chi connectivity index (χ3v) is 3.72. The average molecular weight is 283 g/mol. The van der Waals surface area contributed by atoms with Crippen molar-refractivity contribution < 1.29 is 19.4 Å². The van der Waals surface area contributed by atoms with Crippen molar-refractivity contribution in [3.8, 4) is 0 Å². The van der Waals surface area contributed by atoms with Crippen LogP contribution in [0, 0.1) is 11.8 Å². The number of hydrogen-bond acceptors (Lipinski definition) is 4. The number of primary amides is 1. The lowest BCUT2D eigenvalue weighted by molar-refractivity contribution is -0.165. The highest BCUT2D eigenvalue weighted by Gasteiger charge is 2.65. The molecule has 20 heavy (non-hydrogen) atoms. The normalized spacial score (nSPS) is 29.1. The molecule has 5 heteroatoms. The number of rotatable bonds is 9. The second kappa shape index (κ2) is 6.90. The van der Waals surface area contributed by atoms with Gasteiger partial charge in [-0.2, -0.15) is 0 Å². The maximum Gasteiger partial charge on any atom is 0.244 e. The minimum Gasteiger partial charge on any atom is -0.467 e. The summed E-state index contributed by atoms with van der Waals surface area (Å²) < 4.78 is 11.4. The van der Waals surface area contributed by atoms with Crippen molar-refractivity contribution in [3.63, 3.8) is 0 Å². The number of nitrogens with two attached hydrogens (primary N) is 1. The van der Waals surface area contributed by atoms with Gasteiger partial charge in [-0.3, -0.25) is 4.79 Å². The van der Waals surface area contributed by atoms with E-state index < -0.39 is 11.7 Å². The lowest BCUT2D eigenvalue weighted by Crippen LogP contribution is -2.24. The molecule has 0 radical (unpaired) electrons. The van der Waals surface area contributed by atoms with Crippen molar-refractivity contribution in [3.05, 3.63) is 24.0 Å². The van der Waals surface area contributed by atoms with E-state index in [1.165, 1.54) is 0 Å². The largest absolute Gasteiger partial charge is 0.467 e. The van der Waals surface area contributed by atoms with E-state index in [1.54, 1.807) is 13.8 Å². The van der Waals surface area contributed by atoms with E-state index in [-0.39, 0.29) is 25.0 Å². The minimum atomic E-state index is -0.678. The molecule has 0 aromatic rings. The average Bonchev–Trinajstić information content (AvgIpc) is 2.90. The van der Waals surface area contributed by atoms with E-state index in [2.05, 4.69) is 13.5 Å². The molecule has 0 spiro atoms. The van der Waals surface area contributed by atoms with Crippen LogP contribution in [0.4, 0.5) is 0 Å². The molecule has 3 unspecified atom stereocenters. The first-order valence-corrected chi connectivity index (χ1v) is 6.91. The van der Waals surface area contributed by atoms with E-state index in [9.17, 15) is 4.79 Å². The van der Waals surface area contributed by atoms with Crippen LogP contribution < -0.4 is 5.73 Å². The van der Waals surface area contributed by atoms with Crippen molar-refractivity contribution >= 4 is 5.91 Å². The van der Waals surface area contributed by atoms with Gasteiger partial charge in [-0.15, -0.1) is 0 Å². The Balaban J connectivity index is 2.59. The SMILES string of the molecule is C=C(C)OC1(OCCO)C(C)C1CC/C=C(/C)C(N)=O. The molecule has 0 aromatic heterocycles. The number of carbonyl (C=O) groups excluding carboxylic acids is 1. The van der Waals surface area contributed by atoms with Gasteiger partial charge in [-0.05, 0) is 26.7 Å². The molecule has 3 N–H and O–H groups in total. The fourth-order valence-electron chi connectivity index (χ4n) is 2.53. The van der Waals surface area contributed by atoms with E-state index in [0.29, 0.717) is 11.3 Å². The molecule has 1 saturated carbocycles. The summed E-state index contributed by atoms with van der Waals surface area (Å²) in [6, 6.07) is 0. The predicted octanol–water partition coefficient (Wildman–Crippen LogP) is 1.72. The molecule has 1 aliphatic rings. The van der Waals surface area contributed by atoms with Crippen molar-refractivity contribution in [2.24, 2.45) is 17.6 Å². The quantitative estimate of drug-likeness (QED) is 0.383. The van der Waals surface area contributed by atoms with Crippen LogP contribution in [0.25, 0.3) is 0 Å². The molecule has 1 amide bonds. The van der Waals surface area contributed by atoms with Crippen LogP contribution in [-0.2, 0) is 14.3 Å². The number of aliphatic hydroxyl groups excluding tert-OH is 1. The molecule has 0 aromatic carbocycles. The Morgan fingerprint density at radius 2 is 2.15 bits per heavy atom. The Morgan fingerprint density at radius 1 is 1.50 bits per heavy atom. The molecule has 5 nitrogen and oxygen atoms in total. The van der Waals surface area contributed by atoms with E-state index in [4.69, 9.17) is 20.3 Å². The highest BCUT2D eigenvalue weighted by atomic mass is 16.7. The lowest BCUT2D eigenvalue weighted by atomic mass is 10.1. The fourth-order valence-corrected chi connectivity index (χ4v) is 2.53. The number of aliphatic hydroxyl groups is 1.